The molecule has 0 aliphatic carbocycles. The second-order valence-corrected chi connectivity index (χ2v) is 5.21. The lowest BCUT2D eigenvalue weighted by Crippen LogP contribution is -2.18. The van der Waals surface area contributed by atoms with Gasteiger partial charge in [-0.25, -0.2) is 4.98 Å². The molecule has 0 aliphatic rings. The van der Waals surface area contributed by atoms with Gasteiger partial charge >= 0.3 is 0 Å². The maximum atomic E-state index is 10.9. The van der Waals surface area contributed by atoms with E-state index in [1.165, 1.54) is 6.07 Å². The molecule has 2 rings (SSSR count). The van der Waals surface area contributed by atoms with E-state index in [-0.39, 0.29) is 11.7 Å². The second-order valence-electron chi connectivity index (χ2n) is 4.42. The van der Waals surface area contributed by atoms with Gasteiger partial charge in [0.2, 0.25) is 5.89 Å². The van der Waals surface area contributed by atoms with Gasteiger partial charge in [0, 0.05) is 12.6 Å². The zero-order chi connectivity index (χ0) is 14.7. The van der Waals surface area contributed by atoms with Crippen molar-refractivity contribution in [2.45, 2.75) is 26.4 Å². The third kappa shape index (κ3) is 3.23. The Balaban J connectivity index is 2.08. The monoisotopic (exact) mass is 339 g/mol. The van der Waals surface area contributed by atoms with Crippen molar-refractivity contribution >= 4 is 21.6 Å². The summed E-state index contributed by atoms with van der Waals surface area (Å²) in [5.41, 5.74) is 0.873. The smallest absolute Gasteiger partial charge is 0.283 e. The highest BCUT2D eigenvalue weighted by molar-refractivity contribution is 9.10. The zero-order valence-corrected chi connectivity index (χ0v) is 12.7. The average molecular weight is 340 g/mol. The van der Waals surface area contributed by atoms with Gasteiger partial charge in [-0.1, -0.05) is 12.1 Å². The van der Waals surface area contributed by atoms with Crippen LogP contribution in [0.5, 0.6) is 0 Å². The van der Waals surface area contributed by atoms with Crippen LogP contribution in [0.1, 0.15) is 30.2 Å². The predicted octanol–water partition coefficient (Wildman–Crippen LogP) is 3.50. The van der Waals surface area contributed by atoms with E-state index < -0.39 is 4.92 Å². The fourth-order valence-electron chi connectivity index (χ4n) is 1.77. The van der Waals surface area contributed by atoms with Gasteiger partial charge in [-0.15, -0.1) is 0 Å². The topological polar surface area (TPSA) is 81.2 Å². The molecule has 1 aromatic carbocycles. The van der Waals surface area contributed by atoms with Crippen LogP contribution in [0, 0.1) is 17.0 Å². The summed E-state index contributed by atoms with van der Waals surface area (Å²) < 4.78 is 5.93. The Morgan fingerprint density at radius 2 is 2.30 bits per heavy atom. The van der Waals surface area contributed by atoms with Crippen LogP contribution < -0.4 is 5.32 Å². The van der Waals surface area contributed by atoms with Crippen molar-refractivity contribution in [2.24, 2.45) is 0 Å². The van der Waals surface area contributed by atoms with Crippen LogP contribution in [0.15, 0.2) is 33.3 Å². The van der Waals surface area contributed by atoms with Crippen LogP contribution in [-0.2, 0) is 6.54 Å². The molecule has 0 bridgehead atoms. The largest absolute Gasteiger partial charge is 0.444 e. The Hall–Kier alpha value is -1.73. The van der Waals surface area contributed by atoms with Crippen LogP contribution in [0.2, 0.25) is 0 Å². The number of nitrogens with zero attached hydrogens (tertiary/aromatic N) is 2. The van der Waals surface area contributed by atoms with E-state index in [1.807, 2.05) is 19.9 Å². The first-order valence-corrected chi connectivity index (χ1v) is 6.86. The number of rotatable bonds is 5. The molecule has 6 nitrogen and oxygen atoms in total. The highest BCUT2D eigenvalue weighted by Gasteiger charge is 2.16. The third-order valence-corrected chi connectivity index (χ3v) is 3.78. The molecule has 0 amide bonds. The number of benzene rings is 1. The molecule has 1 N–H and O–H groups in total. The van der Waals surface area contributed by atoms with Crippen molar-refractivity contribution < 1.29 is 9.34 Å². The fourth-order valence-corrected chi connectivity index (χ4v) is 2.32. The number of nitrogens with one attached hydrogen (secondary N) is 1. The molecule has 106 valence electrons. The molecule has 0 saturated carbocycles. The summed E-state index contributed by atoms with van der Waals surface area (Å²) in [6, 6.07) is 4.89. The van der Waals surface area contributed by atoms with Crippen molar-refractivity contribution in [3.05, 3.63) is 56.2 Å². The summed E-state index contributed by atoms with van der Waals surface area (Å²) in [7, 11) is 0. The lowest BCUT2D eigenvalue weighted by molar-refractivity contribution is -0.385. The number of halogens is 1. The van der Waals surface area contributed by atoms with Crippen LogP contribution in [0.4, 0.5) is 5.69 Å². The summed E-state index contributed by atoms with van der Waals surface area (Å²) in [5, 5.41) is 14.1. The zero-order valence-electron chi connectivity index (χ0n) is 11.1. The van der Waals surface area contributed by atoms with Crippen molar-refractivity contribution in [2.75, 3.05) is 0 Å². The molecule has 2 aromatic rings. The summed E-state index contributed by atoms with van der Waals surface area (Å²) in [6.45, 7) is 4.24. The first kappa shape index (κ1) is 14.7. The number of oxazole rings is 1. The summed E-state index contributed by atoms with van der Waals surface area (Å²) in [4.78, 5) is 14.6. The Morgan fingerprint density at radius 3 is 2.90 bits per heavy atom. The van der Waals surface area contributed by atoms with E-state index in [1.54, 1.807) is 12.3 Å². The molecule has 0 aliphatic heterocycles. The Bertz CT molecular complexity index is 627. The molecule has 7 heteroatoms. The lowest BCUT2D eigenvalue weighted by atomic mass is 10.2. The number of hydrogen-bond acceptors (Lipinski definition) is 5. The van der Waals surface area contributed by atoms with Crippen LogP contribution in [0.25, 0.3) is 0 Å². The summed E-state index contributed by atoms with van der Waals surface area (Å²) in [5.74, 6) is 1.36. The quantitative estimate of drug-likeness (QED) is 0.665. The van der Waals surface area contributed by atoms with E-state index >= 15 is 0 Å². The number of aryl methyl sites for hydroxylation is 1. The number of nitro groups is 1. The standard InChI is InChI=1S/C13H14BrN3O3/c1-8-6-16-13(20-8)9(2)15-7-10-4-3-5-11(12(10)14)17(18)19/h3-6,9,15H,7H2,1-2H3. The molecule has 0 saturated heterocycles. The third-order valence-electron chi connectivity index (χ3n) is 2.86. The maximum absolute atomic E-state index is 10.9. The molecular formula is C13H14BrN3O3. The summed E-state index contributed by atoms with van der Waals surface area (Å²) in [6.07, 6.45) is 1.66. The first-order chi connectivity index (χ1) is 9.49. The van der Waals surface area contributed by atoms with Crippen LogP contribution in [0.3, 0.4) is 0 Å². The van der Waals surface area contributed by atoms with E-state index in [0.717, 1.165) is 11.3 Å². The van der Waals surface area contributed by atoms with Gasteiger partial charge in [0.05, 0.1) is 21.6 Å². The van der Waals surface area contributed by atoms with Gasteiger partial charge in [-0.3, -0.25) is 10.1 Å². The summed E-state index contributed by atoms with van der Waals surface area (Å²) >= 11 is 3.27. The van der Waals surface area contributed by atoms with Crippen molar-refractivity contribution in [3.8, 4) is 0 Å². The van der Waals surface area contributed by atoms with Crippen molar-refractivity contribution in [1.29, 1.82) is 0 Å². The van der Waals surface area contributed by atoms with Crippen molar-refractivity contribution in [3.63, 3.8) is 0 Å². The van der Waals surface area contributed by atoms with Gasteiger partial charge < -0.3 is 9.73 Å². The van der Waals surface area contributed by atoms with Crippen LogP contribution >= 0.6 is 15.9 Å². The van der Waals surface area contributed by atoms with E-state index in [2.05, 4.69) is 26.2 Å². The predicted molar refractivity (Wildman–Crippen MR) is 77.3 cm³/mol. The molecule has 1 aromatic heterocycles. The van der Waals surface area contributed by atoms with E-state index in [4.69, 9.17) is 4.42 Å². The van der Waals surface area contributed by atoms with Gasteiger partial charge in [-0.2, -0.15) is 0 Å². The molecule has 0 spiro atoms. The molecular weight excluding hydrogens is 326 g/mol. The molecule has 1 unspecified atom stereocenters. The highest BCUT2D eigenvalue weighted by Crippen LogP contribution is 2.28. The fraction of sp³-hybridized carbons (Fsp3) is 0.308. The molecule has 1 heterocycles. The number of nitro benzene ring substituents is 1. The van der Waals surface area contributed by atoms with E-state index in [0.29, 0.717) is 16.9 Å². The number of aromatic nitrogens is 1. The van der Waals surface area contributed by atoms with Crippen LogP contribution in [-0.4, -0.2) is 9.91 Å². The molecule has 20 heavy (non-hydrogen) atoms. The van der Waals surface area contributed by atoms with Gasteiger partial charge in [0.25, 0.3) is 5.69 Å². The molecule has 1 atom stereocenters. The van der Waals surface area contributed by atoms with Gasteiger partial charge in [0.1, 0.15) is 5.76 Å². The minimum absolute atomic E-state index is 0.0592. The lowest BCUT2D eigenvalue weighted by Gasteiger charge is -2.11. The minimum atomic E-state index is -0.408. The second kappa shape index (κ2) is 6.15. The maximum Gasteiger partial charge on any atom is 0.283 e. The highest BCUT2D eigenvalue weighted by atomic mass is 79.9. The van der Waals surface area contributed by atoms with E-state index in [9.17, 15) is 10.1 Å². The van der Waals surface area contributed by atoms with Crippen molar-refractivity contribution in [1.82, 2.24) is 10.3 Å². The van der Waals surface area contributed by atoms with Gasteiger partial charge in [-0.05, 0) is 35.3 Å². The normalized spacial score (nSPS) is 12.3. The Kier molecular flexibility index (Phi) is 4.51. The number of hydrogen-bond donors (Lipinski definition) is 1. The van der Waals surface area contributed by atoms with Gasteiger partial charge in [0.15, 0.2) is 0 Å². The first-order valence-electron chi connectivity index (χ1n) is 6.06. The Morgan fingerprint density at radius 1 is 1.55 bits per heavy atom. The molecule has 0 fully saturated rings. The Labute approximate surface area is 124 Å². The average Bonchev–Trinajstić information content (AvgIpc) is 2.83. The molecule has 0 radical (unpaired) electrons. The SMILES string of the molecule is Cc1cnc(C(C)NCc2cccc([N+](=O)[O-])c2Br)o1. The minimum Gasteiger partial charge on any atom is -0.444 e.